The third-order valence-electron chi connectivity index (χ3n) is 4.50. The lowest BCUT2D eigenvalue weighted by Gasteiger charge is -2.15. The summed E-state index contributed by atoms with van der Waals surface area (Å²) in [7, 11) is 1.54. The number of carbonyl (C=O) groups excluding carboxylic acids is 2. The van der Waals surface area contributed by atoms with Gasteiger partial charge in [0.1, 0.15) is 5.57 Å². The van der Waals surface area contributed by atoms with Crippen LogP contribution in [0.25, 0.3) is 6.08 Å². The fraction of sp³-hybridized carbons (Fsp3) is 0.273. The minimum Gasteiger partial charge on any atom is -0.493 e. The van der Waals surface area contributed by atoms with Gasteiger partial charge >= 0.3 is 0 Å². The van der Waals surface area contributed by atoms with E-state index in [0.29, 0.717) is 40.3 Å². The third kappa shape index (κ3) is 4.89. The summed E-state index contributed by atoms with van der Waals surface area (Å²) in [5.74, 6) is 0.669. The van der Waals surface area contributed by atoms with E-state index >= 15 is 0 Å². The van der Waals surface area contributed by atoms with Gasteiger partial charge in [0, 0.05) is 0 Å². The maximum Gasteiger partial charge on any atom is 0.282 e. The summed E-state index contributed by atoms with van der Waals surface area (Å²) >= 11 is 11.9. The summed E-state index contributed by atoms with van der Waals surface area (Å²) in [5, 5.41) is 1.78. The van der Waals surface area contributed by atoms with Crippen LogP contribution in [-0.4, -0.2) is 25.5 Å². The van der Waals surface area contributed by atoms with E-state index in [9.17, 15) is 9.59 Å². The zero-order chi connectivity index (χ0) is 21.8. The first-order valence-corrected chi connectivity index (χ1v) is 10.2. The van der Waals surface area contributed by atoms with Gasteiger partial charge in [-0.15, -0.1) is 0 Å². The molecular weight excluding hydrogens is 427 g/mol. The monoisotopic (exact) mass is 448 g/mol. The minimum atomic E-state index is -0.512. The van der Waals surface area contributed by atoms with Crippen molar-refractivity contribution >= 4 is 46.8 Å². The molecule has 1 saturated heterocycles. The van der Waals surface area contributed by atoms with Gasteiger partial charge in [-0.1, -0.05) is 43.1 Å². The number of anilines is 1. The third-order valence-corrected chi connectivity index (χ3v) is 5.24. The van der Waals surface area contributed by atoms with Gasteiger partial charge in [-0.3, -0.25) is 15.0 Å². The van der Waals surface area contributed by atoms with Gasteiger partial charge in [0.15, 0.2) is 11.5 Å². The van der Waals surface area contributed by atoms with Crippen molar-refractivity contribution in [2.24, 2.45) is 5.92 Å². The van der Waals surface area contributed by atoms with Gasteiger partial charge in [0.25, 0.3) is 11.8 Å². The van der Waals surface area contributed by atoms with E-state index in [1.807, 2.05) is 0 Å². The topological polar surface area (TPSA) is 67.9 Å². The van der Waals surface area contributed by atoms with Gasteiger partial charge in [-0.05, 0) is 54.3 Å². The molecule has 1 fully saturated rings. The number of methoxy groups -OCH3 is 1. The Kier molecular flexibility index (Phi) is 6.90. The van der Waals surface area contributed by atoms with Crippen LogP contribution < -0.4 is 19.9 Å². The van der Waals surface area contributed by atoms with Gasteiger partial charge in [0.05, 0.1) is 29.4 Å². The molecule has 1 aliphatic rings. The summed E-state index contributed by atoms with van der Waals surface area (Å²) in [4.78, 5) is 25.2. The molecule has 0 unspecified atom stereocenters. The molecule has 0 aliphatic carbocycles. The highest BCUT2D eigenvalue weighted by molar-refractivity contribution is 6.42. The van der Waals surface area contributed by atoms with Crippen molar-refractivity contribution in [2.45, 2.75) is 20.3 Å². The molecular formula is C22H22Cl2N2O4. The molecule has 0 spiro atoms. The number of benzene rings is 2. The highest BCUT2D eigenvalue weighted by atomic mass is 35.5. The molecule has 0 atom stereocenters. The van der Waals surface area contributed by atoms with Gasteiger partial charge in [-0.25, -0.2) is 5.01 Å². The van der Waals surface area contributed by atoms with Crippen molar-refractivity contribution in [2.75, 3.05) is 18.7 Å². The molecule has 6 nitrogen and oxygen atoms in total. The molecule has 8 heteroatoms. The van der Waals surface area contributed by atoms with Gasteiger partial charge < -0.3 is 9.47 Å². The number of amides is 2. The molecule has 3 rings (SSSR count). The molecule has 0 saturated carbocycles. The summed E-state index contributed by atoms with van der Waals surface area (Å²) in [6.45, 7) is 4.83. The van der Waals surface area contributed by atoms with Gasteiger partial charge in [-0.2, -0.15) is 0 Å². The number of nitrogens with one attached hydrogen (secondary N) is 1. The van der Waals surface area contributed by atoms with E-state index in [-0.39, 0.29) is 10.6 Å². The lowest BCUT2D eigenvalue weighted by Crippen LogP contribution is -2.35. The molecule has 2 aromatic rings. The maximum atomic E-state index is 12.8. The van der Waals surface area contributed by atoms with Crippen LogP contribution >= 0.6 is 23.2 Å². The number of hydrogen-bond acceptors (Lipinski definition) is 4. The van der Waals surface area contributed by atoms with Crippen LogP contribution in [0.4, 0.5) is 5.69 Å². The number of hydrazine groups is 1. The summed E-state index contributed by atoms with van der Waals surface area (Å²) in [6.07, 6.45) is 2.43. The van der Waals surface area contributed by atoms with E-state index in [1.54, 1.807) is 37.4 Å². The van der Waals surface area contributed by atoms with Crippen molar-refractivity contribution in [3.63, 3.8) is 0 Å². The molecule has 0 bridgehead atoms. The highest BCUT2D eigenvalue weighted by Gasteiger charge is 2.34. The van der Waals surface area contributed by atoms with Crippen LogP contribution in [0.15, 0.2) is 42.0 Å². The first-order valence-electron chi connectivity index (χ1n) is 9.43. The minimum absolute atomic E-state index is 0.00315. The number of hydrogen-bond donors (Lipinski definition) is 1. The summed E-state index contributed by atoms with van der Waals surface area (Å²) < 4.78 is 11.2. The normalized spacial score (nSPS) is 15.1. The van der Waals surface area contributed by atoms with Crippen molar-refractivity contribution in [3.8, 4) is 11.5 Å². The van der Waals surface area contributed by atoms with Crippen LogP contribution in [0.3, 0.4) is 0 Å². The second-order valence-corrected chi connectivity index (χ2v) is 7.99. The largest absolute Gasteiger partial charge is 0.493 e. The van der Waals surface area contributed by atoms with Crippen molar-refractivity contribution < 1.29 is 19.1 Å². The Bertz CT molecular complexity index is 1000. The first kappa shape index (κ1) is 22.0. The Labute approximate surface area is 185 Å². The second-order valence-electron chi connectivity index (χ2n) is 7.18. The Balaban J connectivity index is 1.82. The lowest BCUT2D eigenvalue weighted by atomic mass is 10.1. The number of ether oxygens (including phenoxy) is 2. The molecule has 0 aromatic heterocycles. The smallest absolute Gasteiger partial charge is 0.282 e. The van der Waals surface area contributed by atoms with Gasteiger partial charge in [0.2, 0.25) is 0 Å². The number of rotatable bonds is 7. The second kappa shape index (κ2) is 9.41. The Hall–Kier alpha value is -2.70. The lowest BCUT2D eigenvalue weighted by molar-refractivity contribution is -0.117. The SMILES string of the molecule is COc1cc(/C=C2\C(=O)NN(c3ccc(Cl)c(Cl)c3)C2=O)ccc1OCCC(C)C. The van der Waals surface area contributed by atoms with E-state index < -0.39 is 11.8 Å². The molecule has 1 heterocycles. The van der Waals surface area contributed by atoms with E-state index in [4.69, 9.17) is 32.7 Å². The fourth-order valence-corrected chi connectivity index (χ4v) is 3.12. The summed E-state index contributed by atoms with van der Waals surface area (Å²) in [5.41, 5.74) is 3.58. The number of halogens is 2. The maximum absolute atomic E-state index is 12.8. The predicted octanol–water partition coefficient (Wildman–Crippen LogP) is 4.89. The molecule has 2 amide bonds. The fourth-order valence-electron chi connectivity index (χ4n) is 2.83. The molecule has 0 radical (unpaired) electrons. The molecule has 158 valence electrons. The molecule has 1 N–H and O–H groups in total. The van der Waals surface area contributed by atoms with Crippen molar-refractivity contribution in [3.05, 3.63) is 57.6 Å². The predicted molar refractivity (Wildman–Crippen MR) is 118 cm³/mol. The van der Waals surface area contributed by atoms with Crippen LogP contribution in [0.5, 0.6) is 11.5 Å². The number of nitrogens with zero attached hydrogens (tertiary/aromatic N) is 1. The summed E-state index contributed by atoms with van der Waals surface area (Å²) in [6, 6.07) is 9.92. The Morgan fingerprint density at radius 1 is 1.07 bits per heavy atom. The van der Waals surface area contributed by atoms with Crippen LogP contribution in [0.2, 0.25) is 10.0 Å². The van der Waals surface area contributed by atoms with E-state index in [0.717, 1.165) is 11.4 Å². The van der Waals surface area contributed by atoms with Crippen LogP contribution in [-0.2, 0) is 9.59 Å². The van der Waals surface area contributed by atoms with Crippen LogP contribution in [0.1, 0.15) is 25.8 Å². The highest BCUT2D eigenvalue weighted by Crippen LogP contribution is 2.31. The Morgan fingerprint density at radius 3 is 2.50 bits per heavy atom. The van der Waals surface area contributed by atoms with Crippen LogP contribution in [0, 0.1) is 5.92 Å². The first-order chi connectivity index (χ1) is 14.3. The number of carbonyl (C=O) groups is 2. The van der Waals surface area contributed by atoms with E-state index in [2.05, 4.69) is 19.3 Å². The average Bonchev–Trinajstić information content (AvgIpc) is 2.99. The zero-order valence-electron chi connectivity index (χ0n) is 16.9. The molecule has 2 aromatic carbocycles. The van der Waals surface area contributed by atoms with E-state index in [1.165, 1.54) is 12.1 Å². The molecule has 1 aliphatic heterocycles. The Morgan fingerprint density at radius 2 is 1.83 bits per heavy atom. The van der Waals surface area contributed by atoms with Crippen molar-refractivity contribution in [1.82, 2.24) is 5.43 Å². The van der Waals surface area contributed by atoms with Crippen molar-refractivity contribution in [1.29, 1.82) is 0 Å². The molecule has 30 heavy (non-hydrogen) atoms. The quantitative estimate of drug-likeness (QED) is 0.483. The zero-order valence-corrected chi connectivity index (χ0v) is 18.4. The average molecular weight is 449 g/mol. The standard InChI is InChI=1S/C22H22Cl2N2O4/c1-13(2)8-9-30-19-7-4-14(11-20(19)29-3)10-16-21(27)25-26(22(16)28)15-5-6-17(23)18(24)12-15/h4-7,10-13H,8-9H2,1-3H3,(H,25,27)/b16-10+.